The van der Waals surface area contributed by atoms with Gasteiger partial charge in [-0.25, -0.2) is 0 Å². The fourth-order valence-corrected chi connectivity index (χ4v) is 6.51. The number of fused-ring (bicyclic) bond motifs is 3. The van der Waals surface area contributed by atoms with Crippen LogP contribution in [-0.4, -0.2) is 5.78 Å². The molecule has 0 amide bonds. The van der Waals surface area contributed by atoms with E-state index in [0.29, 0.717) is 23.5 Å². The Bertz CT molecular complexity index is 504. The highest BCUT2D eigenvalue weighted by atomic mass is 16.1. The minimum absolute atomic E-state index is 0.175. The van der Waals surface area contributed by atoms with Crippen molar-refractivity contribution in [3.05, 3.63) is 12.7 Å². The molecule has 126 valence electrons. The molecule has 0 heterocycles. The van der Waals surface area contributed by atoms with Gasteiger partial charge in [-0.05, 0) is 74.0 Å². The van der Waals surface area contributed by atoms with E-state index in [1.165, 1.54) is 32.1 Å². The summed E-state index contributed by atoms with van der Waals surface area (Å²) in [6.45, 7) is 6.46. The van der Waals surface area contributed by atoms with Crippen molar-refractivity contribution in [1.82, 2.24) is 0 Å². The van der Waals surface area contributed by atoms with Crippen LogP contribution in [0.2, 0.25) is 0 Å². The van der Waals surface area contributed by atoms with Crippen LogP contribution in [0.5, 0.6) is 0 Å². The van der Waals surface area contributed by atoms with E-state index in [1.807, 2.05) is 0 Å². The van der Waals surface area contributed by atoms with Gasteiger partial charge in [0.05, 0.1) is 6.07 Å². The average Bonchev–Trinajstić information content (AvgIpc) is 2.53. The first-order valence-electron chi connectivity index (χ1n) is 9.62. The van der Waals surface area contributed by atoms with Crippen LogP contribution < -0.4 is 0 Å². The minimum atomic E-state index is 0.175. The van der Waals surface area contributed by atoms with Crippen LogP contribution in [0.15, 0.2) is 12.7 Å². The smallest absolute Gasteiger partial charge is 0.136 e. The zero-order valence-corrected chi connectivity index (χ0v) is 14.6. The van der Waals surface area contributed by atoms with E-state index in [2.05, 4.69) is 25.6 Å². The lowest BCUT2D eigenvalue weighted by molar-refractivity contribution is -0.137. The van der Waals surface area contributed by atoms with Crippen LogP contribution in [0.1, 0.15) is 71.1 Å². The van der Waals surface area contributed by atoms with E-state index in [1.54, 1.807) is 0 Å². The number of nitriles is 1. The second-order valence-corrected chi connectivity index (χ2v) is 8.52. The first kappa shape index (κ1) is 16.7. The third-order valence-corrected chi connectivity index (χ3v) is 7.33. The number of nitrogens with zero attached hydrogens (tertiary/aromatic N) is 1. The largest absolute Gasteiger partial charge is 0.299 e. The molecule has 3 fully saturated rings. The molecule has 3 rings (SSSR count). The van der Waals surface area contributed by atoms with Crippen LogP contribution in [0.4, 0.5) is 0 Å². The van der Waals surface area contributed by atoms with E-state index in [0.717, 1.165) is 43.4 Å². The second kappa shape index (κ2) is 6.80. The minimum Gasteiger partial charge on any atom is -0.299 e. The highest BCUT2D eigenvalue weighted by Gasteiger charge is 2.53. The predicted molar refractivity (Wildman–Crippen MR) is 92.5 cm³/mol. The molecule has 2 nitrogen and oxygen atoms in total. The number of Topliss-reactive ketones (excluding diaryl/α,β-unsaturated/α-hetero) is 1. The van der Waals surface area contributed by atoms with Crippen molar-refractivity contribution >= 4 is 5.78 Å². The number of carbonyl (C=O) groups is 1. The Labute approximate surface area is 141 Å². The normalized spacial score (nSPS) is 43.1. The van der Waals surface area contributed by atoms with Crippen molar-refractivity contribution in [1.29, 1.82) is 5.26 Å². The molecule has 0 aromatic carbocycles. The number of rotatable bonds is 4. The van der Waals surface area contributed by atoms with Gasteiger partial charge in [0.1, 0.15) is 5.78 Å². The summed E-state index contributed by atoms with van der Waals surface area (Å²) in [6, 6.07) is 2.26. The summed E-state index contributed by atoms with van der Waals surface area (Å²) in [5.74, 6) is 3.52. The molecule has 6 atom stereocenters. The van der Waals surface area contributed by atoms with Gasteiger partial charge < -0.3 is 0 Å². The summed E-state index contributed by atoms with van der Waals surface area (Å²) >= 11 is 0. The third-order valence-electron chi connectivity index (χ3n) is 7.33. The molecule has 3 aliphatic carbocycles. The van der Waals surface area contributed by atoms with Gasteiger partial charge in [0.25, 0.3) is 0 Å². The lowest BCUT2D eigenvalue weighted by atomic mass is 9.47. The highest BCUT2D eigenvalue weighted by Crippen LogP contribution is 2.61. The summed E-state index contributed by atoms with van der Waals surface area (Å²) in [6.07, 6.45) is 13.0. The second-order valence-electron chi connectivity index (χ2n) is 8.52. The van der Waals surface area contributed by atoms with Crippen LogP contribution >= 0.6 is 0 Å². The third kappa shape index (κ3) is 3.00. The molecule has 0 bridgehead atoms. The van der Waals surface area contributed by atoms with E-state index in [9.17, 15) is 4.79 Å². The molecule has 23 heavy (non-hydrogen) atoms. The van der Waals surface area contributed by atoms with Gasteiger partial charge in [0, 0.05) is 18.8 Å². The van der Waals surface area contributed by atoms with Gasteiger partial charge in [0.2, 0.25) is 0 Å². The van der Waals surface area contributed by atoms with E-state index in [-0.39, 0.29) is 5.92 Å². The molecule has 2 unspecified atom stereocenters. The van der Waals surface area contributed by atoms with Gasteiger partial charge in [-0.2, -0.15) is 5.26 Å². The Balaban J connectivity index is 1.84. The maximum atomic E-state index is 12.4. The number of ketones is 1. The number of hydrogen-bond donors (Lipinski definition) is 0. The molecule has 0 aliphatic heterocycles. The zero-order chi connectivity index (χ0) is 16.4. The topological polar surface area (TPSA) is 40.9 Å². The maximum absolute atomic E-state index is 12.4. The summed E-state index contributed by atoms with van der Waals surface area (Å²) in [7, 11) is 0. The van der Waals surface area contributed by atoms with Gasteiger partial charge >= 0.3 is 0 Å². The first-order chi connectivity index (χ1) is 11.1. The van der Waals surface area contributed by atoms with Crippen LogP contribution in [-0.2, 0) is 4.79 Å². The Hall–Kier alpha value is -1.10. The van der Waals surface area contributed by atoms with Crippen molar-refractivity contribution in [3.63, 3.8) is 0 Å². The molecule has 3 aliphatic rings. The van der Waals surface area contributed by atoms with E-state index in [4.69, 9.17) is 5.26 Å². The van der Waals surface area contributed by atoms with Crippen molar-refractivity contribution in [2.75, 3.05) is 0 Å². The van der Waals surface area contributed by atoms with Crippen molar-refractivity contribution in [2.24, 2.45) is 35.0 Å². The van der Waals surface area contributed by atoms with Gasteiger partial charge in [-0.1, -0.05) is 19.4 Å². The van der Waals surface area contributed by atoms with Gasteiger partial charge in [-0.15, -0.1) is 6.58 Å². The van der Waals surface area contributed by atoms with Gasteiger partial charge in [-0.3, -0.25) is 4.79 Å². The molecule has 0 radical (unpaired) electrons. The lowest BCUT2D eigenvalue weighted by Crippen LogP contribution is -2.51. The standard InChI is InChI=1S/C21H31NO/c1-3-11-21-12-10-16-17(19(21)8-6-15(2)14-21)7-9-20(23)18(16)5-4-13-22/h3,15-19H,1,4-12,14H2,2H3/t15-,16+,17?,18?,19+,21+/m0/s1. The van der Waals surface area contributed by atoms with Crippen molar-refractivity contribution in [3.8, 4) is 6.07 Å². The molecule has 0 aromatic heterocycles. The summed E-state index contributed by atoms with van der Waals surface area (Å²) < 4.78 is 0. The summed E-state index contributed by atoms with van der Waals surface area (Å²) in [5, 5.41) is 8.93. The Morgan fingerprint density at radius 1 is 1.30 bits per heavy atom. The quantitative estimate of drug-likeness (QED) is 0.661. The molecule has 0 saturated heterocycles. The monoisotopic (exact) mass is 313 g/mol. The zero-order valence-electron chi connectivity index (χ0n) is 14.6. The van der Waals surface area contributed by atoms with Crippen molar-refractivity contribution < 1.29 is 4.79 Å². The van der Waals surface area contributed by atoms with E-state index < -0.39 is 0 Å². The Morgan fingerprint density at radius 2 is 2.13 bits per heavy atom. The maximum Gasteiger partial charge on any atom is 0.136 e. The average molecular weight is 313 g/mol. The highest BCUT2D eigenvalue weighted by molar-refractivity contribution is 5.82. The van der Waals surface area contributed by atoms with Crippen molar-refractivity contribution in [2.45, 2.75) is 71.1 Å². The number of allylic oxidation sites excluding steroid dienone is 1. The molecule has 0 spiro atoms. The lowest BCUT2D eigenvalue weighted by Gasteiger charge is -2.57. The molecule has 0 aromatic rings. The van der Waals surface area contributed by atoms with E-state index >= 15 is 0 Å². The molecule has 2 heteroatoms. The number of hydrogen-bond acceptors (Lipinski definition) is 2. The molecular weight excluding hydrogens is 282 g/mol. The first-order valence-corrected chi connectivity index (χ1v) is 9.62. The molecular formula is C21H31NO. The predicted octanol–water partition coefficient (Wildman–Crippen LogP) is 5.29. The fourth-order valence-electron chi connectivity index (χ4n) is 6.51. The number of carbonyl (C=O) groups excluding carboxylic acids is 1. The Morgan fingerprint density at radius 3 is 2.87 bits per heavy atom. The van der Waals surface area contributed by atoms with Crippen LogP contribution in [0.25, 0.3) is 0 Å². The molecule has 3 saturated carbocycles. The van der Waals surface area contributed by atoms with Crippen LogP contribution in [0.3, 0.4) is 0 Å². The summed E-state index contributed by atoms with van der Waals surface area (Å²) in [4.78, 5) is 12.4. The van der Waals surface area contributed by atoms with Crippen LogP contribution in [0, 0.1) is 46.3 Å². The SMILES string of the molecule is C=CC[C@]12CC[C@H]3C(CCC#N)C(=O)CCC3[C@H]1CC[C@H](C)C2. The van der Waals surface area contributed by atoms with Gasteiger partial charge in [0.15, 0.2) is 0 Å². The molecule has 0 N–H and O–H groups in total. The summed E-state index contributed by atoms with van der Waals surface area (Å²) in [5.41, 5.74) is 0.459. The fraction of sp³-hybridized carbons (Fsp3) is 0.810. The Kier molecular flexibility index (Phi) is 4.95.